The molecule has 0 atom stereocenters. The number of aliphatic carboxylic acids is 1. The van der Waals surface area contributed by atoms with Crippen molar-refractivity contribution in [3.8, 4) is 0 Å². The molecule has 0 aliphatic carbocycles. The molecule has 2 aromatic rings. The standard InChI is InChI=1S/C13H10BrNO4/c14-12-9(5-6-19-12)13(18)15-10-4-2-1-3-8(10)7-11(16)17/h1-6H,7H2,(H,15,18)(H,16,17). The van der Waals surface area contributed by atoms with Gasteiger partial charge in [-0.15, -0.1) is 0 Å². The van der Waals surface area contributed by atoms with E-state index < -0.39 is 5.97 Å². The molecule has 19 heavy (non-hydrogen) atoms. The Labute approximate surface area is 117 Å². The minimum atomic E-state index is -0.953. The Balaban J connectivity index is 2.22. The number of carboxylic acid groups (broad SMARTS) is 1. The molecule has 98 valence electrons. The average molecular weight is 324 g/mol. The lowest BCUT2D eigenvalue weighted by Gasteiger charge is -2.08. The van der Waals surface area contributed by atoms with Crippen molar-refractivity contribution in [2.24, 2.45) is 0 Å². The maximum atomic E-state index is 12.0. The largest absolute Gasteiger partial charge is 0.481 e. The molecule has 2 rings (SSSR count). The molecule has 0 unspecified atom stereocenters. The normalized spacial score (nSPS) is 10.2. The Hall–Kier alpha value is -2.08. The molecule has 5 nitrogen and oxygen atoms in total. The molecular formula is C13H10BrNO4. The first-order valence-electron chi connectivity index (χ1n) is 5.42. The topological polar surface area (TPSA) is 79.5 Å². The minimum Gasteiger partial charge on any atom is -0.481 e. The number of amides is 1. The van der Waals surface area contributed by atoms with E-state index in [0.717, 1.165) is 0 Å². The highest BCUT2D eigenvalue weighted by Gasteiger charge is 2.14. The Morgan fingerprint density at radius 2 is 2.00 bits per heavy atom. The Morgan fingerprint density at radius 3 is 2.63 bits per heavy atom. The van der Waals surface area contributed by atoms with Crippen LogP contribution < -0.4 is 5.32 Å². The molecule has 1 heterocycles. The molecule has 1 aromatic heterocycles. The lowest BCUT2D eigenvalue weighted by atomic mass is 10.1. The maximum Gasteiger partial charge on any atom is 0.307 e. The number of anilines is 1. The van der Waals surface area contributed by atoms with Crippen molar-refractivity contribution in [2.45, 2.75) is 6.42 Å². The number of furan rings is 1. The summed E-state index contributed by atoms with van der Waals surface area (Å²) in [6.45, 7) is 0. The number of rotatable bonds is 4. The van der Waals surface area contributed by atoms with Crippen molar-refractivity contribution in [3.05, 3.63) is 52.4 Å². The molecule has 6 heteroatoms. The quantitative estimate of drug-likeness (QED) is 0.906. The molecule has 0 bridgehead atoms. The van der Waals surface area contributed by atoms with E-state index in [9.17, 15) is 9.59 Å². The van der Waals surface area contributed by atoms with E-state index in [1.165, 1.54) is 12.3 Å². The van der Waals surface area contributed by atoms with Gasteiger partial charge >= 0.3 is 5.97 Å². The minimum absolute atomic E-state index is 0.150. The van der Waals surface area contributed by atoms with Crippen LogP contribution in [0.15, 0.2) is 45.7 Å². The van der Waals surface area contributed by atoms with E-state index in [0.29, 0.717) is 21.5 Å². The van der Waals surface area contributed by atoms with Crippen LogP contribution in [0.4, 0.5) is 5.69 Å². The van der Waals surface area contributed by atoms with Gasteiger partial charge in [0.1, 0.15) is 0 Å². The van der Waals surface area contributed by atoms with Gasteiger partial charge in [-0.1, -0.05) is 18.2 Å². The highest BCUT2D eigenvalue weighted by Crippen LogP contribution is 2.21. The number of nitrogens with one attached hydrogen (secondary N) is 1. The summed E-state index contributed by atoms with van der Waals surface area (Å²) in [6, 6.07) is 8.30. The van der Waals surface area contributed by atoms with Crippen LogP contribution in [0.1, 0.15) is 15.9 Å². The van der Waals surface area contributed by atoms with Gasteiger partial charge in [0.05, 0.1) is 18.2 Å². The summed E-state index contributed by atoms with van der Waals surface area (Å²) in [5.41, 5.74) is 1.37. The predicted octanol–water partition coefficient (Wildman–Crippen LogP) is 2.92. The highest BCUT2D eigenvalue weighted by molar-refractivity contribution is 9.10. The van der Waals surface area contributed by atoms with Gasteiger partial charge in [-0.3, -0.25) is 9.59 Å². The summed E-state index contributed by atoms with van der Waals surface area (Å²) in [5.74, 6) is -1.32. The second-order valence-electron chi connectivity index (χ2n) is 3.79. The zero-order valence-electron chi connectivity index (χ0n) is 9.72. The van der Waals surface area contributed by atoms with Crippen molar-refractivity contribution >= 4 is 33.5 Å². The van der Waals surface area contributed by atoms with Crippen molar-refractivity contribution in [3.63, 3.8) is 0 Å². The van der Waals surface area contributed by atoms with Crippen LogP contribution in [-0.4, -0.2) is 17.0 Å². The molecule has 1 aromatic carbocycles. The smallest absolute Gasteiger partial charge is 0.307 e. The van der Waals surface area contributed by atoms with Gasteiger partial charge in [-0.2, -0.15) is 0 Å². The molecule has 0 aliphatic rings. The van der Waals surface area contributed by atoms with Crippen molar-refractivity contribution < 1.29 is 19.1 Å². The summed E-state index contributed by atoms with van der Waals surface area (Å²) in [6.07, 6.45) is 1.24. The Bertz CT molecular complexity index is 621. The van der Waals surface area contributed by atoms with E-state index in [2.05, 4.69) is 21.2 Å². The van der Waals surface area contributed by atoms with E-state index in [-0.39, 0.29) is 12.3 Å². The molecule has 0 radical (unpaired) electrons. The third-order valence-corrected chi connectivity index (χ3v) is 3.08. The second-order valence-corrected chi connectivity index (χ2v) is 4.51. The van der Waals surface area contributed by atoms with Crippen LogP contribution in [0, 0.1) is 0 Å². The third-order valence-electron chi connectivity index (χ3n) is 2.47. The van der Waals surface area contributed by atoms with E-state index >= 15 is 0 Å². The van der Waals surface area contributed by atoms with Crippen LogP contribution in [0.3, 0.4) is 0 Å². The lowest BCUT2D eigenvalue weighted by Crippen LogP contribution is -2.14. The summed E-state index contributed by atoms with van der Waals surface area (Å²) >= 11 is 3.12. The first-order valence-corrected chi connectivity index (χ1v) is 6.21. The molecule has 0 spiro atoms. The summed E-state index contributed by atoms with van der Waals surface area (Å²) < 4.78 is 5.31. The van der Waals surface area contributed by atoms with Crippen molar-refractivity contribution in [2.75, 3.05) is 5.32 Å². The Kier molecular flexibility index (Phi) is 4.01. The van der Waals surface area contributed by atoms with Crippen LogP contribution >= 0.6 is 15.9 Å². The average Bonchev–Trinajstić information content (AvgIpc) is 2.77. The molecule has 0 fully saturated rings. The summed E-state index contributed by atoms with van der Waals surface area (Å²) in [7, 11) is 0. The number of halogens is 1. The van der Waals surface area contributed by atoms with Gasteiger partial charge in [0.25, 0.3) is 5.91 Å². The molecule has 0 aliphatic heterocycles. The zero-order chi connectivity index (χ0) is 13.8. The Morgan fingerprint density at radius 1 is 1.26 bits per heavy atom. The molecule has 0 saturated heterocycles. The third kappa shape index (κ3) is 3.23. The highest BCUT2D eigenvalue weighted by atomic mass is 79.9. The molecule has 1 amide bonds. The second kappa shape index (κ2) is 5.71. The van der Waals surface area contributed by atoms with E-state index in [1.54, 1.807) is 24.3 Å². The van der Waals surface area contributed by atoms with Crippen molar-refractivity contribution in [1.29, 1.82) is 0 Å². The summed E-state index contributed by atoms with van der Waals surface area (Å²) in [5, 5.41) is 11.5. The zero-order valence-corrected chi connectivity index (χ0v) is 11.3. The fourth-order valence-electron chi connectivity index (χ4n) is 1.60. The number of hydrogen-bond donors (Lipinski definition) is 2. The van der Waals surface area contributed by atoms with Gasteiger partial charge in [0.15, 0.2) is 4.67 Å². The maximum absolute atomic E-state index is 12.0. The van der Waals surface area contributed by atoms with Crippen LogP contribution in [-0.2, 0) is 11.2 Å². The summed E-state index contributed by atoms with van der Waals surface area (Å²) in [4.78, 5) is 22.7. The van der Waals surface area contributed by atoms with Gasteiger partial charge in [-0.25, -0.2) is 0 Å². The number of benzene rings is 1. The molecular weight excluding hydrogens is 314 g/mol. The van der Waals surface area contributed by atoms with Crippen LogP contribution in [0.2, 0.25) is 0 Å². The van der Waals surface area contributed by atoms with E-state index in [4.69, 9.17) is 9.52 Å². The first kappa shape index (κ1) is 13.4. The monoisotopic (exact) mass is 323 g/mol. The molecule has 2 N–H and O–H groups in total. The van der Waals surface area contributed by atoms with Crippen LogP contribution in [0.5, 0.6) is 0 Å². The van der Waals surface area contributed by atoms with Crippen LogP contribution in [0.25, 0.3) is 0 Å². The fraction of sp³-hybridized carbons (Fsp3) is 0.0769. The number of para-hydroxylation sites is 1. The first-order chi connectivity index (χ1) is 9.08. The SMILES string of the molecule is O=C(O)Cc1ccccc1NC(=O)c1ccoc1Br. The number of hydrogen-bond acceptors (Lipinski definition) is 3. The van der Waals surface area contributed by atoms with Gasteiger partial charge in [-0.05, 0) is 33.6 Å². The fourth-order valence-corrected chi connectivity index (χ4v) is 2.02. The number of carboxylic acids is 1. The van der Waals surface area contributed by atoms with Crippen molar-refractivity contribution in [1.82, 2.24) is 0 Å². The lowest BCUT2D eigenvalue weighted by molar-refractivity contribution is -0.136. The molecule has 0 saturated carbocycles. The van der Waals surface area contributed by atoms with Gasteiger partial charge in [0.2, 0.25) is 0 Å². The predicted molar refractivity (Wildman–Crippen MR) is 72.1 cm³/mol. The van der Waals surface area contributed by atoms with Gasteiger partial charge < -0.3 is 14.8 Å². The van der Waals surface area contributed by atoms with Gasteiger partial charge in [0, 0.05) is 5.69 Å². The number of carbonyl (C=O) groups excluding carboxylic acids is 1. The number of carbonyl (C=O) groups is 2. The van der Waals surface area contributed by atoms with E-state index in [1.807, 2.05) is 0 Å².